The summed E-state index contributed by atoms with van der Waals surface area (Å²) in [5, 5.41) is 0. The second-order valence-corrected chi connectivity index (χ2v) is 13.6. The molecular weight excluding hydrogens is 686 g/mol. The van der Waals surface area contributed by atoms with Crippen LogP contribution in [-0.2, 0) is 23.8 Å². The van der Waals surface area contributed by atoms with Crippen molar-refractivity contribution in [3.8, 4) is 0 Å². The van der Waals surface area contributed by atoms with Crippen molar-refractivity contribution in [2.75, 3.05) is 40.4 Å². The van der Waals surface area contributed by atoms with Crippen molar-refractivity contribution in [2.24, 2.45) is 0 Å². The first-order chi connectivity index (χ1) is 25.2. The molecule has 1 aliphatic rings. The number of imidazole rings is 2. The van der Waals surface area contributed by atoms with E-state index < -0.39 is 11.6 Å². The molecule has 1 amide bonds. The summed E-state index contributed by atoms with van der Waals surface area (Å²) in [6, 6.07) is 12.3. The van der Waals surface area contributed by atoms with Gasteiger partial charge >= 0.3 is 18.0 Å². The zero-order valence-corrected chi connectivity index (χ0v) is 31.2. The Hall–Kier alpha value is -5.37. The third kappa shape index (κ3) is 11.3. The molecule has 4 aromatic rings. The molecule has 1 aliphatic heterocycles. The number of halogens is 2. The Morgan fingerprint density at radius 2 is 1.32 bits per heavy atom. The zero-order valence-electron chi connectivity index (χ0n) is 31.2. The summed E-state index contributed by atoms with van der Waals surface area (Å²) in [5.41, 5.74) is 2.97. The summed E-state index contributed by atoms with van der Waals surface area (Å²) >= 11 is 0. The van der Waals surface area contributed by atoms with Gasteiger partial charge in [-0.15, -0.1) is 0 Å². The van der Waals surface area contributed by atoms with E-state index in [-0.39, 0.29) is 48.2 Å². The van der Waals surface area contributed by atoms with E-state index in [4.69, 9.17) is 9.47 Å². The van der Waals surface area contributed by atoms with Crippen molar-refractivity contribution in [3.63, 3.8) is 0 Å². The normalized spacial score (nSPS) is 15.2. The number of methoxy groups -OCH3 is 2. The number of nitrogens with zero attached hydrogens (tertiary/aromatic N) is 6. The maximum Gasteiger partial charge on any atom is 0.410 e. The summed E-state index contributed by atoms with van der Waals surface area (Å²) < 4.78 is 45.2. The average Bonchev–Trinajstić information content (AvgIpc) is 3.83. The van der Waals surface area contributed by atoms with Gasteiger partial charge in [-0.2, -0.15) is 0 Å². The van der Waals surface area contributed by atoms with Crippen molar-refractivity contribution >= 4 is 24.1 Å². The lowest BCUT2D eigenvalue weighted by atomic mass is 10.0. The molecule has 5 rings (SSSR count). The Morgan fingerprint density at radius 1 is 0.792 bits per heavy atom. The van der Waals surface area contributed by atoms with Crippen molar-refractivity contribution in [1.29, 1.82) is 0 Å². The number of carbonyl (C=O) groups excluding carboxylic acids is 3. The van der Waals surface area contributed by atoms with E-state index in [1.54, 1.807) is 60.3 Å². The predicted molar refractivity (Wildman–Crippen MR) is 195 cm³/mol. The molecule has 0 radical (unpaired) electrons. The molecule has 14 heteroatoms. The van der Waals surface area contributed by atoms with Gasteiger partial charge in [-0.3, -0.25) is 9.69 Å². The lowest BCUT2D eigenvalue weighted by molar-refractivity contribution is -0.142. The Labute approximate surface area is 309 Å². The van der Waals surface area contributed by atoms with Gasteiger partial charge in [0, 0.05) is 38.5 Å². The Morgan fingerprint density at radius 3 is 1.85 bits per heavy atom. The highest BCUT2D eigenvalue weighted by molar-refractivity contribution is 5.86. The van der Waals surface area contributed by atoms with Gasteiger partial charge in [0.25, 0.3) is 0 Å². The minimum Gasteiger partial charge on any atom is -0.469 e. The average molecular weight is 735 g/mol. The summed E-state index contributed by atoms with van der Waals surface area (Å²) in [6.45, 7) is 11.7. The van der Waals surface area contributed by atoms with Gasteiger partial charge in [-0.1, -0.05) is 24.3 Å². The van der Waals surface area contributed by atoms with Crippen LogP contribution < -0.4 is 0 Å². The molecule has 0 bridgehead atoms. The Balaban J connectivity index is 0.000000267. The highest BCUT2D eigenvalue weighted by Crippen LogP contribution is 2.30. The quantitative estimate of drug-likeness (QED) is 0.101. The second kappa shape index (κ2) is 18.4. The van der Waals surface area contributed by atoms with E-state index in [1.807, 2.05) is 43.8 Å². The van der Waals surface area contributed by atoms with Gasteiger partial charge in [0.2, 0.25) is 0 Å². The van der Waals surface area contributed by atoms with Crippen molar-refractivity contribution in [1.82, 2.24) is 28.9 Å². The molecule has 0 N–H and O–H groups in total. The third-order valence-electron chi connectivity index (χ3n) is 8.86. The third-order valence-corrected chi connectivity index (χ3v) is 8.86. The molecule has 0 spiro atoms. The van der Waals surface area contributed by atoms with Crippen molar-refractivity contribution in [2.45, 2.75) is 64.8 Å². The second-order valence-electron chi connectivity index (χ2n) is 13.6. The number of benzene rings is 2. The highest BCUT2D eigenvalue weighted by Gasteiger charge is 2.33. The van der Waals surface area contributed by atoms with Crippen LogP contribution in [0, 0.1) is 11.6 Å². The van der Waals surface area contributed by atoms with Crippen molar-refractivity contribution < 1.29 is 37.4 Å². The standard InChI is InChI=1S/C24H33FN4O4.C15H15FN2O2/c1-17(18-6-8-19(25)9-7-18)29-16-26-15-21(29)20(14-22(30)32-5)27-10-12-28(13-11-27)23(31)33-24(2,3)4;1-11(12-3-5-13(16)6-4-12)18-10-17-9-14(18)7-8-15(19)20-2/h6-9,15-17,20H,10-14H2,1-5H3;3-11H,1-2H3/b;8-7+/t17-,20?;11-/m11/s1. The van der Waals surface area contributed by atoms with Gasteiger partial charge in [0.05, 0.1) is 69.0 Å². The predicted octanol–water partition coefficient (Wildman–Crippen LogP) is 6.61. The molecule has 1 fully saturated rings. The number of rotatable bonds is 10. The molecule has 0 saturated carbocycles. The minimum absolute atomic E-state index is 0.0182. The first kappa shape index (κ1) is 40.4. The number of esters is 2. The van der Waals surface area contributed by atoms with Crippen LogP contribution in [0.15, 0.2) is 79.7 Å². The molecule has 12 nitrogen and oxygen atoms in total. The largest absolute Gasteiger partial charge is 0.469 e. The maximum atomic E-state index is 13.4. The molecule has 0 aliphatic carbocycles. The van der Waals surface area contributed by atoms with Crippen LogP contribution in [0.1, 0.15) is 81.7 Å². The number of piperazine rings is 1. The van der Waals surface area contributed by atoms with Crippen LogP contribution in [0.4, 0.5) is 13.6 Å². The fraction of sp³-hybridized carbons (Fsp3) is 0.410. The van der Waals surface area contributed by atoms with Crippen molar-refractivity contribution in [3.05, 3.63) is 114 Å². The first-order valence-corrected chi connectivity index (χ1v) is 17.3. The molecule has 3 atom stereocenters. The number of hydrogen-bond donors (Lipinski definition) is 0. The van der Waals surface area contributed by atoms with Crippen LogP contribution in [0.3, 0.4) is 0 Å². The SMILES string of the molecule is COC(=O)/C=C/c1cncn1[C@H](C)c1ccc(F)cc1.COC(=O)CC(c1cncn1[C@H](C)c1ccc(F)cc1)N1CCN(C(=O)OC(C)(C)C)CC1. The van der Waals surface area contributed by atoms with E-state index in [9.17, 15) is 23.2 Å². The lowest BCUT2D eigenvalue weighted by Crippen LogP contribution is -2.51. The Bertz CT molecular complexity index is 1830. The zero-order chi connectivity index (χ0) is 38.7. The molecule has 1 saturated heterocycles. The topological polar surface area (TPSA) is 121 Å². The Kier molecular flexibility index (Phi) is 14.0. The number of hydrogen-bond acceptors (Lipinski definition) is 9. The van der Waals surface area contributed by atoms with E-state index in [2.05, 4.69) is 19.6 Å². The van der Waals surface area contributed by atoms with Gasteiger partial charge in [0.15, 0.2) is 0 Å². The fourth-order valence-corrected chi connectivity index (χ4v) is 5.89. The van der Waals surface area contributed by atoms with E-state index in [0.717, 1.165) is 22.5 Å². The molecule has 3 heterocycles. The fourth-order valence-electron chi connectivity index (χ4n) is 5.89. The summed E-state index contributed by atoms with van der Waals surface area (Å²) in [6.07, 6.45) is 9.61. The molecular formula is C39H48F2N6O6. The number of aromatic nitrogens is 4. The van der Waals surface area contributed by atoms with Gasteiger partial charge < -0.3 is 28.2 Å². The van der Waals surface area contributed by atoms with Crippen LogP contribution in [0.25, 0.3) is 6.08 Å². The van der Waals surface area contributed by atoms with E-state index in [0.29, 0.717) is 26.2 Å². The van der Waals surface area contributed by atoms with Gasteiger partial charge in [-0.05, 0) is 76.1 Å². The van der Waals surface area contributed by atoms with Crippen LogP contribution in [0.5, 0.6) is 0 Å². The number of ether oxygens (including phenoxy) is 3. The summed E-state index contributed by atoms with van der Waals surface area (Å²) in [7, 11) is 2.70. The minimum atomic E-state index is -0.551. The number of carbonyl (C=O) groups is 3. The first-order valence-electron chi connectivity index (χ1n) is 17.3. The molecule has 2 aromatic carbocycles. The summed E-state index contributed by atoms with van der Waals surface area (Å²) in [5.74, 6) is -1.30. The lowest BCUT2D eigenvalue weighted by Gasteiger charge is -2.39. The van der Waals surface area contributed by atoms with Gasteiger partial charge in [-0.25, -0.2) is 28.3 Å². The summed E-state index contributed by atoms with van der Waals surface area (Å²) in [4.78, 5) is 48.1. The monoisotopic (exact) mass is 734 g/mol. The van der Waals surface area contributed by atoms with Crippen LogP contribution in [-0.4, -0.2) is 92.9 Å². The maximum absolute atomic E-state index is 13.4. The molecule has 1 unspecified atom stereocenters. The molecule has 284 valence electrons. The van der Waals surface area contributed by atoms with Crippen LogP contribution in [0.2, 0.25) is 0 Å². The molecule has 53 heavy (non-hydrogen) atoms. The van der Waals surface area contributed by atoms with E-state index >= 15 is 0 Å². The van der Waals surface area contributed by atoms with Gasteiger partial charge in [0.1, 0.15) is 17.2 Å². The number of amides is 1. The van der Waals surface area contributed by atoms with Crippen LogP contribution >= 0.6 is 0 Å². The smallest absolute Gasteiger partial charge is 0.410 e. The highest BCUT2D eigenvalue weighted by atomic mass is 19.1. The molecule has 2 aromatic heterocycles. The van der Waals surface area contributed by atoms with E-state index in [1.165, 1.54) is 44.6 Å².